The van der Waals surface area contributed by atoms with Gasteiger partial charge in [-0.3, -0.25) is 9.69 Å². The van der Waals surface area contributed by atoms with Crippen LogP contribution in [0.25, 0.3) is 0 Å². The molecule has 0 spiro atoms. The van der Waals surface area contributed by atoms with Gasteiger partial charge in [0.05, 0.1) is 6.54 Å². The van der Waals surface area contributed by atoms with E-state index in [1.165, 1.54) is 6.42 Å². The molecule has 0 aromatic rings. The van der Waals surface area contributed by atoms with E-state index in [1.54, 1.807) is 0 Å². The summed E-state index contributed by atoms with van der Waals surface area (Å²) in [5.41, 5.74) is 0. The Kier molecular flexibility index (Phi) is 8.11. The first kappa shape index (κ1) is 17.4. The fraction of sp³-hybridized carbons (Fsp3) is 0.933. The molecule has 1 saturated heterocycles. The van der Waals surface area contributed by atoms with Crippen LogP contribution in [0.1, 0.15) is 34.1 Å². The molecule has 2 N–H and O–H groups in total. The Morgan fingerprint density at radius 3 is 2.15 bits per heavy atom. The maximum atomic E-state index is 11.7. The van der Waals surface area contributed by atoms with Crippen molar-refractivity contribution in [3.8, 4) is 0 Å². The minimum Gasteiger partial charge on any atom is -0.353 e. The van der Waals surface area contributed by atoms with Crippen molar-refractivity contribution in [1.29, 1.82) is 0 Å². The van der Waals surface area contributed by atoms with Crippen LogP contribution in [0.2, 0.25) is 0 Å². The van der Waals surface area contributed by atoms with Crippen LogP contribution in [-0.2, 0) is 4.79 Å². The van der Waals surface area contributed by atoms with Gasteiger partial charge in [-0.15, -0.1) is 0 Å². The van der Waals surface area contributed by atoms with Gasteiger partial charge in [0, 0.05) is 38.3 Å². The molecule has 0 unspecified atom stereocenters. The Labute approximate surface area is 124 Å². The van der Waals surface area contributed by atoms with Gasteiger partial charge in [-0.2, -0.15) is 0 Å². The average Bonchev–Trinajstić information content (AvgIpc) is 2.35. The van der Waals surface area contributed by atoms with Gasteiger partial charge in [-0.1, -0.05) is 13.8 Å². The monoisotopic (exact) mass is 284 g/mol. The van der Waals surface area contributed by atoms with E-state index in [4.69, 9.17) is 0 Å². The lowest BCUT2D eigenvalue weighted by atomic mass is 10.2. The van der Waals surface area contributed by atoms with Gasteiger partial charge in [0.25, 0.3) is 0 Å². The van der Waals surface area contributed by atoms with Crippen molar-refractivity contribution in [3.05, 3.63) is 0 Å². The second-order valence-electron chi connectivity index (χ2n) is 6.30. The van der Waals surface area contributed by atoms with Crippen LogP contribution in [0.3, 0.4) is 0 Å². The third kappa shape index (κ3) is 7.82. The molecule has 20 heavy (non-hydrogen) atoms. The summed E-state index contributed by atoms with van der Waals surface area (Å²) in [5, 5.41) is 6.40. The average molecular weight is 284 g/mol. The zero-order valence-electron chi connectivity index (χ0n) is 13.6. The van der Waals surface area contributed by atoms with Gasteiger partial charge < -0.3 is 15.5 Å². The summed E-state index contributed by atoms with van der Waals surface area (Å²) in [5.74, 6) is 0.148. The predicted octanol–water partition coefficient (Wildman–Crippen LogP) is 0.517. The molecule has 0 aliphatic carbocycles. The minimum atomic E-state index is 0.148. The maximum absolute atomic E-state index is 11.7. The van der Waals surface area contributed by atoms with Crippen LogP contribution in [0.15, 0.2) is 0 Å². The van der Waals surface area contributed by atoms with Gasteiger partial charge in [0.15, 0.2) is 0 Å². The molecule has 1 aliphatic rings. The molecular formula is C15H32N4O. The lowest BCUT2D eigenvalue weighted by molar-refractivity contribution is -0.123. The molecule has 1 rings (SSSR count). The fourth-order valence-corrected chi connectivity index (χ4v) is 2.44. The lowest BCUT2D eigenvalue weighted by Crippen LogP contribution is -2.50. The number of hydrogen-bond donors (Lipinski definition) is 2. The summed E-state index contributed by atoms with van der Waals surface area (Å²) in [6.45, 7) is 15.3. The van der Waals surface area contributed by atoms with E-state index in [1.807, 2.05) is 13.8 Å². The summed E-state index contributed by atoms with van der Waals surface area (Å²) >= 11 is 0. The van der Waals surface area contributed by atoms with E-state index >= 15 is 0 Å². The number of nitrogens with zero attached hydrogens (tertiary/aromatic N) is 2. The van der Waals surface area contributed by atoms with Gasteiger partial charge in [-0.25, -0.2) is 0 Å². The van der Waals surface area contributed by atoms with Crippen molar-refractivity contribution >= 4 is 5.91 Å². The molecule has 0 radical (unpaired) electrons. The zero-order chi connectivity index (χ0) is 15.0. The number of piperazine rings is 1. The smallest absolute Gasteiger partial charge is 0.234 e. The second-order valence-corrected chi connectivity index (χ2v) is 6.30. The predicted molar refractivity (Wildman–Crippen MR) is 83.9 cm³/mol. The first-order valence-corrected chi connectivity index (χ1v) is 7.95. The van der Waals surface area contributed by atoms with E-state index in [0.717, 1.165) is 39.3 Å². The molecule has 0 atom stereocenters. The first-order chi connectivity index (χ1) is 9.47. The van der Waals surface area contributed by atoms with Crippen LogP contribution < -0.4 is 10.6 Å². The fourth-order valence-electron chi connectivity index (χ4n) is 2.44. The Hall–Kier alpha value is -0.650. The third-order valence-electron chi connectivity index (χ3n) is 3.49. The Morgan fingerprint density at radius 1 is 1.00 bits per heavy atom. The van der Waals surface area contributed by atoms with Crippen LogP contribution in [0, 0.1) is 0 Å². The highest BCUT2D eigenvalue weighted by molar-refractivity contribution is 5.78. The highest BCUT2D eigenvalue weighted by Gasteiger charge is 2.18. The van der Waals surface area contributed by atoms with Gasteiger partial charge in [-0.05, 0) is 33.4 Å². The van der Waals surface area contributed by atoms with Gasteiger partial charge in [0.2, 0.25) is 5.91 Å². The topological polar surface area (TPSA) is 47.6 Å². The molecule has 1 fully saturated rings. The Bertz CT molecular complexity index is 273. The molecule has 1 aliphatic heterocycles. The minimum absolute atomic E-state index is 0.148. The Balaban J connectivity index is 2.09. The highest BCUT2D eigenvalue weighted by Crippen LogP contribution is 2.02. The number of amides is 1. The quantitative estimate of drug-likeness (QED) is 0.638. The summed E-state index contributed by atoms with van der Waals surface area (Å²) in [7, 11) is 0. The summed E-state index contributed by atoms with van der Waals surface area (Å²) in [6.07, 6.45) is 1.20. The van der Waals surface area contributed by atoms with Crippen molar-refractivity contribution in [2.45, 2.75) is 46.2 Å². The van der Waals surface area contributed by atoms with E-state index < -0.39 is 0 Å². The second kappa shape index (κ2) is 9.32. The summed E-state index contributed by atoms with van der Waals surface area (Å²) in [6, 6.07) is 0.809. The number of nitrogens with one attached hydrogen (secondary N) is 2. The molecule has 1 amide bonds. The molecule has 5 heteroatoms. The summed E-state index contributed by atoms with van der Waals surface area (Å²) in [4.78, 5) is 16.5. The standard InChI is InChI=1S/C15H32N4O/c1-13(2)16-6-5-7-18-8-10-19(11-9-18)12-15(20)17-14(3)4/h13-14,16H,5-12H2,1-4H3,(H,17,20). The number of rotatable bonds is 8. The summed E-state index contributed by atoms with van der Waals surface area (Å²) < 4.78 is 0. The molecule has 0 saturated carbocycles. The maximum Gasteiger partial charge on any atom is 0.234 e. The van der Waals surface area contributed by atoms with E-state index in [0.29, 0.717) is 12.6 Å². The normalized spacial score (nSPS) is 17.9. The molecule has 118 valence electrons. The number of carbonyl (C=O) groups is 1. The zero-order valence-corrected chi connectivity index (χ0v) is 13.6. The highest BCUT2D eigenvalue weighted by atomic mass is 16.2. The molecule has 0 bridgehead atoms. The Morgan fingerprint density at radius 2 is 1.60 bits per heavy atom. The van der Waals surface area contributed by atoms with Crippen molar-refractivity contribution in [1.82, 2.24) is 20.4 Å². The van der Waals surface area contributed by atoms with Crippen molar-refractivity contribution < 1.29 is 4.79 Å². The van der Waals surface area contributed by atoms with Crippen LogP contribution in [0.5, 0.6) is 0 Å². The van der Waals surface area contributed by atoms with E-state index in [2.05, 4.69) is 34.3 Å². The van der Waals surface area contributed by atoms with E-state index in [-0.39, 0.29) is 11.9 Å². The lowest BCUT2D eigenvalue weighted by Gasteiger charge is -2.34. The SMILES string of the molecule is CC(C)NCCCN1CCN(CC(=O)NC(C)C)CC1. The largest absolute Gasteiger partial charge is 0.353 e. The third-order valence-corrected chi connectivity index (χ3v) is 3.49. The van der Waals surface area contributed by atoms with Crippen LogP contribution >= 0.6 is 0 Å². The van der Waals surface area contributed by atoms with Crippen LogP contribution in [0.4, 0.5) is 0 Å². The van der Waals surface area contributed by atoms with Crippen molar-refractivity contribution in [3.63, 3.8) is 0 Å². The molecule has 1 heterocycles. The number of hydrogen-bond acceptors (Lipinski definition) is 4. The number of carbonyl (C=O) groups excluding carboxylic acids is 1. The molecule has 5 nitrogen and oxygen atoms in total. The van der Waals surface area contributed by atoms with Crippen LogP contribution in [-0.4, -0.2) is 73.6 Å². The molecule has 0 aromatic heterocycles. The van der Waals surface area contributed by atoms with Gasteiger partial charge >= 0.3 is 0 Å². The molecular weight excluding hydrogens is 252 g/mol. The van der Waals surface area contributed by atoms with E-state index in [9.17, 15) is 4.79 Å². The van der Waals surface area contributed by atoms with Crippen molar-refractivity contribution in [2.75, 3.05) is 45.8 Å². The van der Waals surface area contributed by atoms with Crippen molar-refractivity contribution in [2.24, 2.45) is 0 Å². The molecule has 0 aromatic carbocycles. The van der Waals surface area contributed by atoms with Gasteiger partial charge in [0.1, 0.15) is 0 Å². The first-order valence-electron chi connectivity index (χ1n) is 7.95.